The number of amides is 3. The lowest BCUT2D eigenvalue weighted by atomic mass is 9.95. The third-order valence-electron chi connectivity index (χ3n) is 7.43. The highest BCUT2D eigenvalue weighted by molar-refractivity contribution is 5.98. The average molecular weight is 522 g/mol. The fourth-order valence-electron chi connectivity index (χ4n) is 5.43. The van der Waals surface area contributed by atoms with Crippen LogP contribution >= 0.6 is 0 Å². The number of nitrogens with zero attached hydrogens (tertiary/aromatic N) is 2. The minimum absolute atomic E-state index is 0.102. The van der Waals surface area contributed by atoms with Gasteiger partial charge in [-0.15, -0.1) is 0 Å². The summed E-state index contributed by atoms with van der Waals surface area (Å²) < 4.78 is 17.1. The van der Waals surface area contributed by atoms with Crippen molar-refractivity contribution in [2.75, 3.05) is 26.5 Å². The van der Waals surface area contributed by atoms with Crippen LogP contribution in [0.2, 0.25) is 0 Å². The van der Waals surface area contributed by atoms with Crippen LogP contribution < -0.4 is 14.8 Å². The standard InChI is InChI=1S/C29H35N3O6/c1-19(2)13-26(33)31-11-9-29(10-12-31)32(28(35)22-6-4-5-20(3)14-22)23(17-38-29)27(34)30-16-21-7-8-24-25(15-21)37-18-36-24/h4-8,14-15,19,23H,9-13,16-18H2,1-3H3,(H,30,34)/t23-/m1/s1. The molecule has 1 spiro atoms. The van der Waals surface area contributed by atoms with Gasteiger partial charge in [0.2, 0.25) is 18.6 Å². The smallest absolute Gasteiger partial charge is 0.256 e. The molecule has 2 aromatic rings. The molecule has 202 valence electrons. The number of ether oxygens (including phenoxy) is 3. The second-order valence-corrected chi connectivity index (χ2v) is 10.7. The van der Waals surface area contributed by atoms with Gasteiger partial charge < -0.3 is 24.4 Å². The number of nitrogens with one attached hydrogen (secondary N) is 1. The van der Waals surface area contributed by atoms with Crippen LogP contribution in [0.1, 0.15) is 54.6 Å². The largest absolute Gasteiger partial charge is 0.454 e. The second kappa shape index (κ2) is 10.6. The molecule has 3 aliphatic heterocycles. The van der Waals surface area contributed by atoms with E-state index in [2.05, 4.69) is 5.32 Å². The van der Waals surface area contributed by atoms with E-state index in [0.717, 1.165) is 11.1 Å². The summed E-state index contributed by atoms with van der Waals surface area (Å²) in [7, 11) is 0. The highest BCUT2D eigenvalue weighted by Crippen LogP contribution is 2.39. The van der Waals surface area contributed by atoms with Crippen molar-refractivity contribution in [3.8, 4) is 11.5 Å². The molecule has 0 bridgehead atoms. The second-order valence-electron chi connectivity index (χ2n) is 10.7. The number of hydrogen-bond donors (Lipinski definition) is 1. The SMILES string of the molecule is Cc1cccc(C(=O)N2[C@@H](C(=O)NCc3ccc4c(c3)OCO4)COC23CCN(C(=O)CC(C)C)CC3)c1. The minimum Gasteiger partial charge on any atom is -0.454 e. The Morgan fingerprint density at radius 3 is 2.55 bits per heavy atom. The van der Waals surface area contributed by atoms with Crippen molar-refractivity contribution in [3.05, 3.63) is 59.2 Å². The lowest BCUT2D eigenvalue weighted by molar-refractivity contribution is -0.144. The van der Waals surface area contributed by atoms with E-state index in [1.165, 1.54) is 0 Å². The fraction of sp³-hybridized carbons (Fsp3) is 0.483. The molecule has 1 N–H and O–H groups in total. The number of hydrogen-bond acceptors (Lipinski definition) is 6. The van der Waals surface area contributed by atoms with Crippen LogP contribution in [0, 0.1) is 12.8 Å². The quantitative estimate of drug-likeness (QED) is 0.627. The van der Waals surface area contributed by atoms with E-state index in [0.29, 0.717) is 49.4 Å². The van der Waals surface area contributed by atoms with Crippen molar-refractivity contribution in [2.45, 2.75) is 58.3 Å². The number of benzene rings is 2. The van der Waals surface area contributed by atoms with Gasteiger partial charge in [-0.05, 0) is 42.7 Å². The van der Waals surface area contributed by atoms with Crippen molar-refractivity contribution >= 4 is 17.7 Å². The summed E-state index contributed by atoms with van der Waals surface area (Å²) in [6.45, 7) is 7.51. The van der Waals surface area contributed by atoms with E-state index in [1.54, 1.807) is 11.0 Å². The van der Waals surface area contributed by atoms with Crippen molar-refractivity contribution in [2.24, 2.45) is 5.92 Å². The third kappa shape index (κ3) is 5.20. The van der Waals surface area contributed by atoms with Crippen molar-refractivity contribution in [3.63, 3.8) is 0 Å². The summed E-state index contributed by atoms with van der Waals surface area (Å²) in [6, 6.07) is 12.1. The van der Waals surface area contributed by atoms with E-state index in [-0.39, 0.29) is 43.6 Å². The average Bonchev–Trinajstić information content (AvgIpc) is 3.51. The van der Waals surface area contributed by atoms with Crippen molar-refractivity contribution in [1.29, 1.82) is 0 Å². The molecule has 0 saturated carbocycles. The summed E-state index contributed by atoms with van der Waals surface area (Å²) in [4.78, 5) is 43.5. The highest BCUT2D eigenvalue weighted by atomic mass is 16.7. The lowest BCUT2D eigenvalue weighted by Gasteiger charge is -2.44. The monoisotopic (exact) mass is 521 g/mol. The number of fused-ring (bicyclic) bond motifs is 1. The van der Waals surface area contributed by atoms with E-state index in [4.69, 9.17) is 14.2 Å². The first kappa shape index (κ1) is 26.0. The van der Waals surface area contributed by atoms with Crippen LogP contribution in [0.5, 0.6) is 11.5 Å². The van der Waals surface area contributed by atoms with Gasteiger partial charge >= 0.3 is 0 Å². The Hall–Kier alpha value is -3.59. The molecule has 9 nitrogen and oxygen atoms in total. The Morgan fingerprint density at radius 2 is 1.82 bits per heavy atom. The van der Waals surface area contributed by atoms with Crippen LogP contribution in [0.3, 0.4) is 0 Å². The molecule has 9 heteroatoms. The van der Waals surface area contributed by atoms with Gasteiger partial charge in [-0.25, -0.2) is 0 Å². The van der Waals surface area contributed by atoms with Gasteiger partial charge in [0.05, 0.1) is 6.61 Å². The van der Waals surface area contributed by atoms with E-state index in [1.807, 2.05) is 62.1 Å². The third-order valence-corrected chi connectivity index (χ3v) is 7.43. The molecule has 2 aromatic carbocycles. The summed E-state index contributed by atoms with van der Waals surface area (Å²) >= 11 is 0. The Labute approximate surface area is 223 Å². The first-order valence-corrected chi connectivity index (χ1v) is 13.2. The van der Waals surface area contributed by atoms with Gasteiger partial charge in [0.15, 0.2) is 11.5 Å². The first-order chi connectivity index (χ1) is 18.3. The maximum Gasteiger partial charge on any atom is 0.256 e. The van der Waals surface area contributed by atoms with Gasteiger partial charge in [-0.2, -0.15) is 0 Å². The molecule has 1 atom stereocenters. The maximum atomic E-state index is 13.9. The molecular weight excluding hydrogens is 486 g/mol. The van der Waals surface area contributed by atoms with E-state index in [9.17, 15) is 14.4 Å². The first-order valence-electron chi connectivity index (χ1n) is 13.2. The molecule has 3 amide bonds. The number of piperidine rings is 1. The zero-order valence-electron chi connectivity index (χ0n) is 22.2. The Balaban J connectivity index is 1.34. The zero-order valence-corrected chi connectivity index (χ0v) is 22.2. The van der Waals surface area contributed by atoms with Crippen molar-refractivity contribution in [1.82, 2.24) is 15.1 Å². The van der Waals surface area contributed by atoms with Crippen LogP contribution in [-0.4, -0.2) is 65.8 Å². The molecule has 3 aliphatic rings. The molecule has 0 aromatic heterocycles. The number of rotatable bonds is 6. The Bertz CT molecular complexity index is 1220. The molecule has 2 fully saturated rings. The van der Waals surface area contributed by atoms with Crippen LogP contribution in [-0.2, 0) is 20.9 Å². The van der Waals surface area contributed by atoms with Crippen LogP contribution in [0.15, 0.2) is 42.5 Å². The van der Waals surface area contributed by atoms with Crippen LogP contribution in [0.4, 0.5) is 0 Å². The van der Waals surface area contributed by atoms with E-state index < -0.39 is 11.8 Å². The molecular formula is C29H35N3O6. The highest BCUT2D eigenvalue weighted by Gasteiger charge is 2.54. The van der Waals surface area contributed by atoms with Gasteiger partial charge in [-0.3, -0.25) is 19.3 Å². The molecule has 0 aliphatic carbocycles. The predicted octanol–water partition coefficient (Wildman–Crippen LogP) is 3.25. The Kier molecular flexibility index (Phi) is 7.29. The van der Waals surface area contributed by atoms with Crippen LogP contribution in [0.25, 0.3) is 0 Å². The molecule has 5 rings (SSSR count). The summed E-state index contributed by atoms with van der Waals surface area (Å²) in [5.41, 5.74) is 1.41. The fourth-order valence-corrected chi connectivity index (χ4v) is 5.43. The molecule has 2 saturated heterocycles. The minimum atomic E-state index is -0.934. The molecule has 0 unspecified atom stereocenters. The summed E-state index contributed by atoms with van der Waals surface area (Å²) in [5.74, 6) is 1.20. The number of likely N-dealkylation sites (tertiary alicyclic amines) is 1. The normalized spacial score (nSPS) is 19.7. The van der Waals surface area contributed by atoms with E-state index >= 15 is 0 Å². The molecule has 3 heterocycles. The van der Waals surface area contributed by atoms with Gasteiger partial charge in [0, 0.05) is 44.5 Å². The summed E-state index contributed by atoms with van der Waals surface area (Å²) in [6.07, 6.45) is 1.41. The molecule has 38 heavy (non-hydrogen) atoms. The van der Waals surface area contributed by atoms with Gasteiger partial charge in [0.25, 0.3) is 5.91 Å². The number of aryl methyl sites for hydroxylation is 1. The number of carbonyl (C=O) groups excluding carboxylic acids is 3. The molecule has 0 radical (unpaired) electrons. The summed E-state index contributed by atoms with van der Waals surface area (Å²) in [5, 5.41) is 2.98. The topological polar surface area (TPSA) is 97.4 Å². The predicted molar refractivity (Wildman–Crippen MR) is 140 cm³/mol. The van der Waals surface area contributed by atoms with Crippen molar-refractivity contribution < 1.29 is 28.6 Å². The maximum absolute atomic E-state index is 13.9. The van der Waals surface area contributed by atoms with Gasteiger partial charge in [0.1, 0.15) is 11.8 Å². The number of carbonyl (C=O) groups is 3. The van der Waals surface area contributed by atoms with Gasteiger partial charge in [-0.1, -0.05) is 37.6 Å². The Morgan fingerprint density at radius 1 is 1.05 bits per heavy atom. The lowest BCUT2D eigenvalue weighted by Crippen LogP contribution is -2.59. The zero-order chi connectivity index (χ0) is 26.9.